The van der Waals surface area contributed by atoms with Gasteiger partial charge >= 0.3 is 12.1 Å². The Bertz CT molecular complexity index is 393. The van der Waals surface area contributed by atoms with Crippen molar-refractivity contribution >= 4 is 12.1 Å². The van der Waals surface area contributed by atoms with Gasteiger partial charge in [-0.1, -0.05) is 12.8 Å². The molecule has 2 rings (SSSR count). The van der Waals surface area contributed by atoms with Gasteiger partial charge in [0.1, 0.15) is 5.60 Å². The molecule has 0 bridgehead atoms. The molecule has 0 aromatic carbocycles. The Hall–Kier alpha value is -1.26. The number of carbonyl (C=O) groups is 2. The topological polar surface area (TPSA) is 75.6 Å². The monoisotopic (exact) mass is 269 g/mol. The van der Waals surface area contributed by atoms with Crippen LogP contribution < -0.4 is 5.32 Å². The molecule has 19 heavy (non-hydrogen) atoms. The van der Waals surface area contributed by atoms with Gasteiger partial charge in [-0.15, -0.1) is 0 Å². The van der Waals surface area contributed by atoms with Gasteiger partial charge in [0.15, 0.2) is 0 Å². The molecule has 0 heterocycles. The second kappa shape index (κ2) is 4.39. The van der Waals surface area contributed by atoms with Crippen molar-refractivity contribution < 1.29 is 19.4 Å². The normalized spacial score (nSPS) is 28.2. The summed E-state index contributed by atoms with van der Waals surface area (Å²) in [6, 6.07) is 0. The lowest BCUT2D eigenvalue weighted by Crippen LogP contribution is -2.40. The maximum absolute atomic E-state index is 11.6. The minimum absolute atomic E-state index is 0.0755. The highest BCUT2D eigenvalue weighted by Crippen LogP contribution is 2.71. The summed E-state index contributed by atoms with van der Waals surface area (Å²) >= 11 is 0. The van der Waals surface area contributed by atoms with Crippen LogP contribution in [0.1, 0.15) is 52.9 Å². The van der Waals surface area contributed by atoms with Gasteiger partial charge in [0.2, 0.25) is 0 Å². The molecule has 2 N–H and O–H groups in total. The van der Waals surface area contributed by atoms with E-state index in [9.17, 15) is 14.7 Å². The molecule has 1 unspecified atom stereocenters. The summed E-state index contributed by atoms with van der Waals surface area (Å²) in [7, 11) is 0. The number of rotatable bonds is 3. The maximum atomic E-state index is 11.6. The second-order valence-corrected chi connectivity index (χ2v) is 6.91. The minimum Gasteiger partial charge on any atom is -0.481 e. The summed E-state index contributed by atoms with van der Waals surface area (Å²) in [5.74, 6) is -0.787. The molecule has 0 aromatic heterocycles. The average molecular weight is 269 g/mol. The number of carboxylic acids is 1. The Kier molecular flexibility index (Phi) is 3.27. The standard InChI is InChI=1S/C14H23NO4/c1-12(2,3)19-11(18)15-9-14(10(16)17)8-13(14)6-4-5-7-13/h4-9H2,1-3H3,(H,15,18)(H,16,17). The van der Waals surface area contributed by atoms with Crippen LogP contribution in [0, 0.1) is 10.8 Å². The fraction of sp³-hybridized carbons (Fsp3) is 0.857. The lowest BCUT2D eigenvalue weighted by atomic mass is 9.91. The molecule has 1 amide bonds. The number of hydrogen-bond donors (Lipinski definition) is 2. The van der Waals surface area contributed by atoms with E-state index in [1.165, 1.54) is 0 Å². The van der Waals surface area contributed by atoms with Crippen molar-refractivity contribution in [3.05, 3.63) is 0 Å². The number of hydrogen-bond acceptors (Lipinski definition) is 3. The highest BCUT2D eigenvalue weighted by atomic mass is 16.6. The number of carboxylic acid groups (broad SMARTS) is 1. The van der Waals surface area contributed by atoms with Crippen molar-refractivity contribution in [1.29, 1.82) is 0 Å². The fourth-order valence-corrected chi connectivity index (χ4v) is 3.41. The lowest BCUT2D eigenvalue weighted by molar-refractivity contribution is -0.144. The first kappa shape index (κ1) is 14.2. The van der Waals surface area contributed by atoms with E-state index in [1.54, 1.807) is 20.8 Å². The van der Waals surface area contributed by atoms with Crippen molar-refractivity contribution in [3.8, 4) is 0 Å². The predicted octanol–water partition coefficient (Wildman–Crippen LogP) is 2.55. The van der Waals surface area contributed by atoms with Gasteiger partial charge in [-0.3, -0.25) is 4.79 Å². The van der Waals surface area contributed by atoms with Crippen LogP contribution in [-0.2, 0) is 9.53 Å². The van der Waals surface area contributed by atoms with Crippen molar-refractivity contribution in [1.82, 2.24) is 5.32 Å². The van der Waals surface area contributed by atoms with Crippen LogP contribution in [0.2, 0.25) is 0 Å². The van der Waals surface area contributed by atoms with Crippen LogP contribution in [0.15, 0.2) is 0 Å². The quantitative estimate of drug-likeness (QED) is 0.825. The van der Waals surface area contributed by atoms with Crippen molar-refractivity contribution in [2.75, 3.05) is 6.54 Å². The molecule has 108 valence electrons. The summed E-state index contributed by atoms with van der Waals surface area (Å²) in [4.78, 5) is 23.2. The number of alkyl carbamates (subject to hydrolysis) is 1. The highest BCUT2D eigenvalue weighted by molar-refractivity contribution is 5.81. The van der Waals surface area contributed by atoms with E-state index in [4.69, 9.17) is 4.74 Å². The van der Waals surface area contributed by atoms with E-state index in [1.807, 2.05) is 0 Å². The maximum Gasteiger partial charge on any atom is 0.407 e. The van der Waals surface area contributed by atoms with Crippen LogP contribution in [0.3, 0.4) is 0 Å². The third-order valence-corrected chi connectivity index (χ3v) is 4.43. The largest absolute Gasteiger partial charge is 0.481 e. The van der Waals surface area contributed by atoms with E-state index in [2.05, 4.69) is 5.32 Å². The first-order valence-electron chi connectivity index (χ1n) is 6.91. The van der Waals surface area contributed by atoms with E-state index >= 15 is 0 Å². The zero-order valence-electron chi connectivity index (χ0n) is 11.9. The molecule has 5 heteroatoms. The van der Waals surface area contributed by atoms with Gasteiger partial charge in [-0.2, -0.15) is 0 Å². The molecule has 0 aromatic rings. The summed E-state index contributed by atoms with van der Waals surface area (Å²) in [5, 5.41) is 12.1. The van der Waals surface area contributed by atoms with Gasteiger partial charge in [0.25, 0.3) is 0 Å². The molecule has 1 spiro atoms. The lowest BCUT2D eigenvalue weighted by Gasteiger charge is -2.22. The van der Waals surface area contributed by atoms with Crippen LogP contribution >= 0.6 is 0 Å². The molecule has 1 atom stereocenters. The molecular weight excluding hydrogens is 246 g/mol. The molecule has 5 nitrogen and oxygen atoms in total. The fourth-order valence-electron chi connectivity index (χ4n) is 3.41. The smallest absolute Gasteiger partial charge is 0.407 e. The van der Waals surface area contributed by atoms with Gasteiger partial charge in [-0.25, -0.2) is 4.79 Å². The number of aliphatic carboxylic acids is 1. The second-order valence-electron chi connectivity index (χ2n) is 6.91. The van der Waals surface area contributed by atoms with Gasteiger partial charge < -0.3 is 15.2 Å². The molecule has 2 aliphatic rings. The Balaban J connectivity index is 1.94. The Morgan fingerprint density at radius 2 is 1.84 bits per heavy atom. The molecule has 2 saturated carbocycles. The van der Waals surface area contributed by atoms with Gasteiger partial charge in [-0.05, 0) is 45.4 Å². The number of carbonyl (C=O) groups excluding carboxylic acids is 1. The molecule has 2 fully saturated rings. The summed E-state index contributed by atoms with van der Waals surface area (Å²) in [5.41, 5.74) is -1.40. The average Bonchev–Trinajstić information content (AvgIpc) is 2.60. The van der Waals surface area contributed by atoms with Crippen LogP contribution in [-0.4, -0.2) is 29.3 Å². The zero-order valence-corrected chi connectivity index (χ0v) is 11.9. The molecule has 0 radical (unpaired) electrons. The van der Waals surface area contributed by atoms with E-state index in [0.717, 1.165) is 25.7 Å². The number of nitrogens with one attached hydrogen (secondary N) is 1. The SMILES string of the molecule is CC(C)(C)OC(=O)NCC1(C(=O)O)CC12CCCC2. The first-order valence-corrected chi connectivity index (χ1v) is 6.91. The molecule has 0 saturated heterocycles. The Morgan fingerprint density at radius 3 is 2.32 bits per heavy atom. The van der Waals surface area contributed by atoms with Crippen LogP contribution in [0.25, 0.3) is 0 Å². The third-order valence-electron chi connectivity index (χ3n) is 4.43. The number of amides is 1. The van der Waals surface area contributed by atoms with Crippen LogP contribution in [0.4, 0.5) is 4.79 Å². The molecule has 2 aliphatic carbocycles. The zero-order chi connectivity index (χ0) is 14.3. The van der Waals surface area contributed by atoms with Gasteiger partial charge in [0, 0.05) is 6.54 Å². The number of ether oxygens (including phenoxy) is 1. The predicted molar refractivity (Wildman–Crippen MR) is 69.8 cm³/mol. The van der Waals surface area contributed by atoms with Crippen LogP contribution in [0.5, 0.6) is 0 Å². The summed E-state index contributed by atoms with van der Waals surface area (Å²) in [6.07, 6.45) is 4.28. The van der Waals surface area contributed by atoms with E-state index < -0.39 is 23.1 Å². The molecular formula is C14H23NO4. The van der Waals surface area contributed by atoms with Crippen molar-refractivity contribution in [2.24, 2.45) is 10.8 Å². The first-order chi connectivity index (χ1) is 8.71. The van der Waals surface area contributed by atoms with E-state index in [0.29, 0.717) is 6.42 Å². The Morgan fingerprint density at radius 1 is 1.26 bits per heavy atom. The summed E-state index contributed by atoms with van der Waals surface area (Å²) < 4.78 is 5.15. The third kappa shape index (κ3) is 2.55. The van der Waals surface area contributed by atoms with E-state index in [-0.39, 0.29) is 12.0 Å². The van der Waals surface area contributed by atoms with Gasteiger partial charge in [0.05, 0.1) is 5.41 Å². The Labute approximate surface area is 113 Å². The summed E-state index contributed by atoms with van der Waals surface area (Å²) in [6.45, 7) is 5.54. The van der Waals surface area contributed by atoms with Crippen molar-refractivity contribution in [2.45, 2.75) is 58.5 Å². The minimum atomic E-state index is -0.787. The molecule has 0 aliphatic heterocycles. The van der Waals surface area contributed by atoms with Crippen molar-refractivity contribution in [3.63, 3.8) is 0 Å². The highest BCUT2D eigenvalue weighted by Gasteiger charge is 2.72.